The van der Waals surface area contributed by atoms with E-state index in [0.29, 0.717) is 10.3 Å². The first-order valence-electron chi connectivity index (χ1n) is 5.27. The number of pyridine rings is 1. The first-order chi connectivity index (χ1) is 7.63. The number of rotatable bonds is 6. The highest BCUT2D eigenvalue weighted by Gasteiger charge is 2.05. The Morgan fingerprint density at radius 2 is 2.12 bits per heavy atom. The van der Waals surface area contributed by atoms with Crippen LogP contribution in [-0.4, -0.2) is 37.1 Å². The highest BCUT2D eigenvalue weighted by atomic mass is 35.5. The highest BCUT2D eigenvalue weighted by molar-refractivity contribution is 6.32. The van der Waals surface area contributed by atoms with Gasteiger partial charge in [0.1, 0.15) is 10.3 Å². The van der Waals surface area contributed by atoms with Crippen LogP contribution in [0.3, 0.4) is 0 Å². The molecule has 0 aliphatic carbocycles. The molecule has 0 spiro atoms. The summed E-state index contributed by atoms with van der Waals surface area (Å²) in [4.78, 5) is 6.23. The zero-order chi connectivity index (χ0) is 12.0. The summed E-state index contributed by atoms with van der Waals surface area (Å²) in [7, 11) is 4.03. The molecule has 1 heterocycles. The van der Waals surface area contributed by atoms with Crippen molar-refractivity contribution in [2.75, 3.05) is 27.2 Å². The second-order valence-corrected chi connectivity index (χ2v) is 4.52. The highest BCUT2D eigenvalue weighted by Crippen LogP contribution is 2.17. The van der Waals surface area contributed by atoms with E-state index in [-0.39, 0.29) is 0 Å². The maximum absolute atomic E-state index is 6.00. The summed E-state index contributed by atoms with van der Waals surface area (Å²) in [5.41, 5.74) is 1.01. The average Bonchev–Trinajstić information content (AvgIpc) is 2.23. The molecule has 0 saturated carbocycles. The Kier molecular flexibility index (Phi) is 6.06. The summed E-state index contributed by atoms with van der Waals surface area (Å²) in [5, 5.41) is 4.05. The van der Waals surface area contributed by atoms with Gasteiger partial charge in [0.25, 0.3) is 0 Å². The van der Waals surface area contributed by atoms with Crippen LogP contribution >= 0.6 is 23.2 Å². The zero-order valence-electron chi connectivity index (χ0n) is 9.63. The standard InChI is InChI=1S/C11H17Cl2N3/c1-14-6-3-7-16(2)8-9-4-5-10(12)15-11(9)13/h4-5,14H,3,6-8H2,1-2H3. The summed E-state index contributed by atoms with van der Waals surface area (Å²) >= 11 is 11.7. The molecule has 0 unspecified atom stereocenters. The summed E-state index contributed by atoms with van der Waals surface area (Å²) in [6, 6.07) is 3.69. The molecule has 0 aliphatic rings. The Labute approximate surface area is 107 Å². The molecule has 5 heteroatoms. The molecule has 0 amide bonds. The first kappa shape index (κ1) is 13.7. The Balaban J connectivity index is 2.46. The van der Waals surface area contributed by atoms with Crippen molar-refractivity contribution in [2.45, 2.75) is 13.0 Å². The summed E-state index contributed by atoms with van der Waals surface area (Å²) in [5.74, 6) is 0. The molecule has 0 bridgehead atoms. The van der Waals surface area contributed by atoms with Crippen LogP contribution in [-0.2, 0) is 6.54 Å². The van der Waals surface area contributed by atoms with Crippen LogP contribution in [0.15, 0.2) is 12.1 Å². The predicted molar refractivity (Wildman–Crippen MR) is 69.1 cm³/mol. The van der Waals surface area contributed by atoms with E-state index >= 15 is 0 Å². The van der Waals surface area contributed by atoms with E-state index in [4.69, 9.17) is 23.2 Å². The van der Waals surface area contributed by atoms with Crippen molar-refractivity contribution in [3.8, 4) is 0 Å². The molecule has 1 aromatic heterocycles. The van der Waals surface area contributed by atoms with Gasteiger partial charge in [-0.1, -0.05) is 29.3 Å². The third-order valence-electron chi connectivity index (χ3n) is 2.30. The van der Waals surface area contributed by atoms with Gasteiger partial charge in [-0.25, -0.2) is 4.98 Å². The van der Waals surface area contributed by atoms with Crippen molar-refractivity contribution in [2.24, 2.45) is 0 Å². The van der Waals surface area contributed by atoms with E-state index in [2.05, 4.69) is 22.2 Å². The molecule has 1 rings (SSSR count). The van der Waals surface area contributed by atoms with Gasteiger partial charge in [-0.2, -0.15) is 0 Å². The third kappa shape index (κ3) is 4.66. The van der Waals surface area contributed by atoms with Gasteiger partial charge in [0.2, 0.25) is 0 Å². The van der Waals surface area contributed by atoms with Crippen LogP contribution in [0, 0.1) is 0 Å². The van der Waals surface area contributed by atoms with Crippen LogP contribution in [0.2, 0.25) is 10.3 Å². The monoisotopic (exact) mass is 261 g/mol. The fourth-order valence-electron chi connectivity index (χ4n) is 1.45. The Morgan fingerprint density at radius 3 is 2.75 bits per heavy atom. The molecular weight excluding hydrogens is 245 g/mol. The number of halogens is 2. The Hall–Kier alpha value is -0.350. The van der Waals surface area contributed by atoms with E-state index in [0.717, 1.165) is 31.6 Å². The Morgan fingerprint density at radius 1 is 1.38 bits per heavy atom. The van der Waals surface area contributed by atoms with Crippen molar-refractivity contribution >= 4 is 23.2 Å². The fourth-order valence-corrected chi connectivity index (χ4v) is 1.86. The van der Waals surface area contributed by atoms with Crippen LogP contribution in [0.25, 0.3) is 0 Å². The predicted octanol–water partition coefficient (Wildman–Crippen LogP) is 2.43. The molecule has 0 fully saturated rings. The lowest BCUT2D eigenvalue weighted by atomic mass is 10.2. The normalized spacial score (nSPS) is 11.1. The Bertz CT molecular complexity index is 331. The number of aromatic nitrogens is 1. The SMILES string of the molecule is CNCCCN(C)Cc1ccc(Cl)nc1Cl. The smallest absolute Gasteiger partial charge is 0.135 e. The minimum atomic E-state index is 0.437. The number of nitrogens with one attached hydrogen (secondary N) is 1. The molecule has 3 nitrogen and oxygen atoms in total. The maximum atomic E-state index is 6.00. The number of hydrogen-bond donors (Lipinski definition) is 1. The van der Waals surface area contributed by atoms with Crippen molar-refractivity contribution in [1.29, 1.82) is 0 Å². The van der Waals surface area contributed by atoms with Gasteiger partial charge < -0.3 is 10.2 Å². The van der Waals surface area contributed by atoms with E-state index in [1.54, 1.807) is 6.07 Å². The molecule has 0 radical (unpaired) electrons. The number of hydrogen-bond acceptors (Lipinski definition) is 3. The molecule has 0 aliphatic heterocycles. The van der Waals surface area contributed by atoms with Crippen molar-refractivity contribution < 1.29 is 0 Å². The summed E-state index contributed by atoms with van der Waals surface area (Å²) in [6.07, 6.45) is 1.12. The average molecular weight is 262 g/mol. The minimum absolute atomic E-state index is 0.437. The minimum Gasteiger partial charge on any atom is -0.320 e. The topological polar surface area (TPSA) is 28.2 Å². The van der Waals surface area contributed by atoms with Crippen LogP contribution in [0.4, 0.5) is 0 Å². The van der Waals surface area contributed by atoms with E-state index < -0.39 is 0 Å². The second-order valence-electron chi connectivity index (χ2n) is 3.78. The van der Waals surface area contributed by atoms with E-state index in [1.165, 1.54) is 0 Å². The largest absolute Gasteiger partial charge is 0.320 e. The number of nitrogens with zero attached hydrogens (tertiary/aromatic N) is 2. The third-order valence-corrected chi connectivity index (χ3v) is 2.84. The lowest BCUT2D eigenvalue weighted by Crippen LogP contribution is -2.22. The van der Waals surface area contributed by atoms with E-state index in [1.807, 2.05) is 13.1 Å². The maximum Gasteiger partial charge on any atom is 0.135 e. The first-order valence-corrected chi connectivity index (χ1v) is 6.03. The molecule has 0 saturated heterocycles. The molecule has 1 aromatic rings. The van der Waals surface area contributed by atoms with Gasteiger partial charge in [0.15, 0.2) is 0 Å². The summed E-state index contributed by atoms with van der Waals surface area (Å²) in [6.45, 7) is 2.85. The van der Waals surface area contributed by atoms with Gasteiger partial charge in [0, 0.05) is 12.1 Å². The van der Waals surface area contributed by atoms with Gasteiger partial charge in [-0.15, -0.1) is 0 Å². The van der Waals surface area contributed by atoms with E-state index in [9.17, 15) is 0 Å². The van der Waals surface area contributed by atoms with Gasteiger partial charge in [-0.05, 0) is 39.7 Å². The lowest BCUT2D eigenvalue weighted by Gasteiger charge is -2.16. The molecule has 0 atom stereocenters. The molecule has 1 N–H and O–H groups in total. The quantitative estimate of drug-likeness (QED) is 0.630. The van der Waals surface area contributed by atoms with Crippen LogP contribution in [0.5, 0.6) is 0 Å². The van der Waals surface area contributed by atoms with Gasteiger partial charge in [0.05, 0.1) is 0 Å². The fraction of sp³-hybridized carbons (Fsp3) is 0.545. The second kappa shape index (κ2) is 7.07. The molecule has 16 heavy (non-hydrogen) atoms. The van der Waals surface area contributed by atoms with Crippen LogP contribution < -0.4 is 5.32 Å². The van der Waals surface area contributed by atoms with Gasteiger partial charge >= 0.3 is 0 Å². The molecule has 90 valence electrons. The van der Waals surface area contributed by atoms with Crippen molar-refractivity contribution in [3.63, 3.8) is 0 Å². The van der Waals surface area contributed by atoms with Gasteiger partial charge in [-0.3, -0.25) is 0 Å². The van der Waals surface area contributed by atoms with Crippen molar-refractivity contribution in [1.82, 2.24) is 15.2 Å². The summed E-state index contributed by atoms with van der Waals surface area (Å²) < 4.78 is 0. The lowest BCUT2D eigenvalue weighted by molar-refractivity contribution is 0.321. The molecular formula is C11H17Cl2N3. The molecule has 0 aromatic carbocycles. The van der Waals surface area contributed by atoms with Crippen LogP contribution in [0.1, 0.15) is 12.0 Å². The van der Waals surface area contributed by atoms with Crippen molar-refractivity contribution in [3.05, 3.63) is 28.0 Å². The zero-order valence-corrected chi connectivity index (χ0v) is 11.1.